The molecule has 0 atom stereocenters. The predicted molar refractivity (Wildman–Crippen MR) is 102 cm³/mol. The fourth-order valence-corrected chi connectivity index (χ4v) is 2.85. The normalized spacial score (nSPS) is 13.8. The van der Waals surface area contributed by atoms with Crippen molar-refractivity contribution < 1.29 is 27.2 Å². The van der Waals surface area contributed by atoms with Gasteiger partial charge in [0.25, 0.3) is 5.91 Å². The van der Waals surface area contributed by atoms with E-state index in [1.165, 1.54) is 27.9 Å². The zero-order chi connectivity index (χ0) is 22.2. The van der Waals surface area contributed by atoms with Crippen LogP contribution in [0.5, 0.6) is 0 Å². The number of β-lactam (4-membered cyclic amide) rings is 1. The molecule has 0 aromatic carbocycles. The summed E-state index contributed by atoms with van der Waals surface area (Å²) in [5.74, 6) is -0.331. The quantitative estimate of drug-likeness (QED) is 0.571. The molecule has 0 spiro atoms. The topological polar surface area (TPSA) is 118 Å². The standard InChI is InChI=1S/C18H16F3N7O3/c1-27-7-11(15(26-27)28-5-3-14(28)29)24-16(30)12-8-31-17(25-12)10-2-4-22-13(6-10)23-9-18(19,20)21/h2,4,6-8H,3,5,9H2,1H3,(H,22,23)(H,24,30). The smallest absolute Gasteiger partial charge is 0.405 e. The Morgan fingerprint density at radius 1 is 1.35 bits per heavy atom. The van der Waals surface area contributed by atoms with E-state index in [4.69, 9.17) is 4.42 Å². The maximum Gasteiger partial charge on any atom is 0.405 e. The zero-order valence-electron chi connectivity index (χ0n) is 16.1. The van der Waals surface area contributed by atoms with Crippen LogP contribution in [0, 0.1) is 0 Å². The summed E-state index contributed by atoms with van der Waals surface area (Å²) >= 11 is 0. The van der Waals surface area contributed by atoms with E-state index in [0.29, 0.717) is 30.0 Å². The third-order valence-electron chi connectivity index (χ3n) is 4.38. The maximum atomic E-state index is 12.6. The fraction of sp³-hybridized carbons (Fsp3) is 0.278. The Kier molecular flexibility index (Phi) is 5.09. The molecule has 2 amide bonds. The van der Waals surface area contributed by atoms with E-state index < -0.39 is 18.6 Å². The number of halogens is 3. The van der Waals surface area contributed by atoms with Crippen molar-refractivity contribution in [1.82, 2.24) is 19.7 Å². The first kappa shape index (κ1) is 20.4. The van der Waals surface area contributed by atoms with Gasteiger partial charge in [-0.25, -0.2) is 9.97 Å². The lowest BCUT2D eigenvalue weighted by molar-refractivity contribution is -0.122. The minimum Gasteiger partial charge on any atom is -0.444 e. The number of pyridine rings is 1. The van der Waals surface area contributed by atoms with Crippen LogP contribution in [-0.2, 0) is 11.8 Å². The number of carbonyl (C=O) groups excluding carboxylic acids is 2. The number of nitrogens with one attached hydrogen (secondary N) is 2. The van der Waals surface area contributed by atoms with Crippen LogP contribution in [0.2, 0.25) is 0 Å². The van der Waals surface area contributed by atoms with Gasteiger partial charge in [0, 0.05) is 31.8 Å². The molecule has 162 valence electrons. The molecule has 0 bridgehead atoms. The average molecular weight is 435 g/mol. The van der Waals surface area contributed by atoms with Gasteiger partial charge in [-0.1, -0.05) is 0 Å². The molecule has 0 aliphatic carbocycles. The number of aromatic nitrogens is 4. The summed E-state index contributed by atoms with van der Waals surface area (Å²) in [6.45, 7) is -0.727. The number of rotatable bonds is 6. The third-order valence-corrected chi connectivity index (χ3v) is 4.38. The molecule has 0 unspecified atom stereocenters. The molecular formula is C18H16F3N7O3. The number of nitrogens with zero attached hydrogens (tertiary/aromatic N) is 5. The lowest BCUT2D eigenvalue weighted by atomic mass is 10.2. The third kappa shape index (κ3) is 4.49. The van der Waals surface area contributed by atoms with E-state index in [0.717, 1.165) is 6.26 Å². The lowest BCUT2D eigenvalue weighted by Gasteiger charge is -2.29. The highest BCUT2D eigenvalue weighted by Gasteiger charge is 2.30. The van der Waals surface area contributed by atoms with Crippen LogP contribution in [0.15, 0.2) is 35.2 Å². The van der Waals surface area contributed by atoms with Gasteiger partial charge < -0.3 is 15.1 Å². The molecular weight excluding hydrogens is 419 g/mol. The van der Waals surface area contributed by atoms with E-state index in [1.54, 1.807) is 13.2 Å². The summed E-state index contributed by atoms with van der Waals surface area (Å²) in [5, 5.41) is 9.00. The van der Waals surface area contributed by atoms with Crippen LogP contribution in [0.3, 0.4) is 0 Å². The Morgan fingerprint density at radius 2 is 2.16 bits per heavy atom. The van der Waals surface area contributed by atoms with Crippen molar-refractivity contribution in [2.24, 2.45) is 7.05 Å². The second-order valence-corrected chi connectivity index (χ2v) is 6.73. The highest BCUT2D eigenvalue weighted by molar-refractivity contribution is 6.07. The summed E-state index contributed by atoms with van der Waals surface area (Å²) < 4.78 is 43.9. The van der Waals surface area contributed by atoms with Gasteiger partial charge in [-0.3, -0.25) is 19.2 Å². The number of oxazole rings is 1. The van der Waals surface area contributed by atoms with E-state index in [1.807, 2.05) is 0 Å². The molecule has 10 nitrogen and oxygen atoms in total. The number of anilines is 3. The Balaban J connectivity index is 1.48. The summed E-state index contributed by atoms with van der Waals surface area (Å²) in [5.41, 5.74) is 0.626. The molecule has 2 N–H and O–H groups in total. The Bertz CT molecular complexity index is 1140. The predicted octanol–water partition coefficient (Wildman–Crippen LogP) is 2.43. The SMILES string of the molecule is Cn1cc(NC(=O)c2coc(-c3ccnc(NCC(F)(F)F)c3)n2)c(N2CCC2=O)n1. The second-order valence-electron chi connectivity index (χ2n) is 6.73. The number of aryl methyl sites for hydroxylation is 1. The Labute approximate surface area is 173 Å². The Hall–Kier alpha value is -3.90. The molecule has 3 aromatic heterocycles. The largest absolute Gasteiger partial charge is 0.444 e. The van der Waals surface area contributed by atoms with E-state index in [9.17, 15) is 22.8 Å². The maximum absolute atomic E-state index is 12.6. The summed E-state index contributed by atoms with van der Waals surface area (Å²) in [4.78, 5) is 33.6. The monoisotopic (exact) mass is 435 g/mol. The fourth-order valence-electron chi connectivity index (χ4n) is 2.85. The minimum atomic E-state index is -4.39. The molecule has 3 aromatic rings. The van der Waals surface area contributed by atoms with Gasteiger partial charge in [0.2, 0.25) is 11.8 Å². The van der Waals surface area contributed by atoms with Crippen LogP contribution in [0.1, 0.15) is 16.9 Å². The molecule has 13 heteroatoms. The van der Waals surface area contributed by atoms with Crippen molar-refractivity contribution in [3.05, 3.63) is 36.5 Å². The van der Waals surface area contributed by atoms with Gasteiger partial charge in [-0.15, -0.1) is 0 Å². The van der Waals surface area contributed by atoms with Gasteiger partial charge in [0.05, 0.1) is 6.20 Å². The van der Waals surface area contributed by atoms with Crippen molar-refractivity contribution in [1.29, 1.82) is 0 Å². The zero-order valence-corrected chi connectivity index (χ0v) is 16.1. The number of amides is 2. The minimum absolute atomic E-state index is 0.0155. The Morgan fingerprint density at radius 3 is 2.84 bits per heavy atom. The molecule has 1 fully saturated rings. The lowest BCUT2D eigenvalue weighted by Crippen LogP contribution is -2.44. The van der Waals surface area contributed by atoms with E-state index in [2.05, 4.69) is 25.7 Å². The molecule has 4 heterocycles. The van der Waals surface area contributed by atoms with Gasteiger partial charge in [-0.2, -0.15) is 18.3 Å². The van der Waals surface area contributed by atoms with Crippen molar-refractivity contribution in [2.75, 3.05) is 28.6 Å². The molecule has 4 rings (SSSR count). The van der Waals surface area contributed by atoms with Crippen molar-refractivity contribution in [3.63, 3.8) is 0 Å². The van der Waals surface area contributed by atoms with Gasteiger partial charge in [-0.05, 0) is 12.1 Å². The summed E-state index contributed by atoms with van der Waals surface area (Å²) in [7, 11) is 1.66. The number of hydrogen-bond donors (Lipinski definition) is 2. The number of hydrogen-bond acceptors (Lipinski definition) is 7. The van der Waals surface area contributed by atoms with Crippen molar-refractivity contribution in [3.8, 4) is 11.5 Å². The van der Waals surface area contributed by atoms with Gasteiger partial charge >= 0.3 is 6.18 Å². The summed E-state index contributed by atoms with van der Waals surface area (Å²) in [6.07, 6.45) is 0.00402. The second kappa shape index (κ2) is 7.74. The first-order valence-corrected chi connectivity index (χ1v) is 9.07. The van der Waals surface area contributed by atoms with Crippen LogP contribution in [0.4, 0.5) is 30.5 Å². The first-order valence-electron chi connectivity index (χ1n) is 9.07. The molecule has 1 aliphatic heterocycles. The molecule has 31 heavy (non-hydrogen) atoms. The summed E-state index contributed by atoms with van der Waals surface area (Å²) in [6, 6.07) is 2.81. The molecule has 1 saturated heterocycles. The highest BCUT2D eigenvalue weighted by atomic mass is 19.4. The van der Waals surface area contributed by atoms with Gasteiger partial charge in [0.15, 0.2) is 11.5 Å². The molecule has 1 aliphatic rings. The molecule has 0 saturated carbocycles. The van der Waals surface area contributed by atoms with Crippen molar-refractivity contribution >= 4 is 29.1 Å². The number of carbonyl (C=O) groups is 2. The van der Waals surface area contributed by atoms with E-state index >= 15 is 0 Å². The van der Waals surface area contributed by atoms with Gasteiger partial charge in [0.1, 0.15) is 24.3 Å². The average Bonchev–Trinajstić information content (AvgIpc) is 3.32. The number of alkyl halides is 3. The first-order chi connectivity index (χ1) is 14.7. The highest BCUT2D eigenvalue weighted by Crippen LogP contribution is 2.29. The van der Waals surface area contributed by atoms with Crippen LogP contribution < -0.4 is 15.5 Å². The van der Waals surface area contributed by atoms with Crippen LogP contribution in [-0.4, -0.2) is 50.8 Å². The van der Waals surface area contributed by atoms with Crippen LogP contribution in [0.25, 0.3) is 11.5 Å². The van der Waals surface area contributed by atoms with Crippen LogP contribution >= 0.6 is 0 Å². The van der Waals surface area contributed by atoms with E-state index in [-0.39, 0.29) is 23.3 Å². The van der Waals surface area contributed by atoms with Crippen molar-refractivity contribution in [2.45, 2.75) is 12.6 Å². The molecule has 0 radical (unpaired) electrons.